The molecule has 0 spiro atoms. The minimum atomic E-state index is -0.119. The monoisotopic (exact) mass is 285 g/mol. The van der Waals surface area contributed by atoms with Crippen molar-refractivity contribution in [1.29, 1.82) is 0 Å². The molecule has 0 amide bonds. The number of ether oxygens (including phenoxy) is 1. The van der Waals surface area contributed by atoms with Gasteiger partial charge in [0.15, 0.2) is 0 Å². The quantitative estimate of drug-likeness (QED) is 0.810. The lowest BCUT2D eigenvalue weighted by Crippen LogP contribution is -2.15. The maximum atomic E-state index is 9.65. The summed E-state index contributed by atoms with van der Waals surface area (Å²) >= 11 is 0. The predicted octanol–water partition coefficient (Wildman–Crippen LogP) is 3.93. The van der Waals surface area contributed by atoms with Crippen LogP contribution in [0.3, 0.4) is 0 Å². The molecular weight excluding hydrogens is 262 g/mol. The molecule has 0 aliphatic rings. The SMILES string of the molecule is CCCOc1ccc(C(CO)Nc2ccccc2C)cc1. The van der Waals surface area contributed by atoms with Crippen LogP contribution in [0.1, 0.15) is 30.5 Å². The van der Waals surface area contributed by atoms with Crippen LogP contribution in [-0.2, 0) is 0 Å². The van der Waals surface area contributed by atoms with Gasteiger partial charge in [0.1, 0.15) is 5.75 Å². The molecule has 2 N–H and O–H groups in total. The maximum absolute atomic E-state index is 9.65. The highest BCUT2D eigenvalue weighted by Gasteiger charge is 2.11. The van der Waals surface area contributed by atoms with Crippen molar-refractivity contribution in [2.75, 3.05) is 18.5 Å². The van der Waals surface area contributed by atoms with E-state index in [-0.39, 0.29) is 12.6 Å². The first-order chi connectivity index (χ1) is 10.2. The number of hydrogen-bond acceptors (Lipinski definition) is 3. The fourth-order valence-electron chi connectivity index (χ4n) is 2.17. The topological polar surface area (TPSA) is 41.5 Å². The molecule has 2 aromatic carbocycles. The first kappa shape index (κ1) is 15.4. The molecule has 3 nitrogen and oxygen atoms in total. The first-order valence-electron chi connectivity index (χ1n) is 7.40. The molecule has 2 aromatic rings. The van der Waals surface area contributed by atoms with Gasteiger partial charge in [0, 0.05) is 5.69 Å². The van der Waals surface area contributed by atoms with E-state index in [9.17, 15) is 5.11 Å². The van der Waals surface area contributed by atoms with Crippen molar-refractivity contribution in [3.05, 3.63) is 59.7 Å². The highest BCUT2D eigenvalue weighted by Crippen LogP contribution is 2.23. The fourth-order valence-corrected chi connectivity index (χ4v) is 2.17. The van der Waals surface area contributed by atoms with E-state index in [1.54, 1.807) is 0 Å². The number of benzene rings is 2. The molecule has 0 fully saturated rings. The number of nitrogens with one attached hydrogen (secondary N) is 1. The third-order valence-corrected chi connectivity index (χ3v) is 3.41. The van der Waals surface area contributed by atoms with Crippen LogP contribution in [-0.4, -0.2) is 18.3 Å². The highest BCUT2D eigenvalue weighted by atomic mass is 16.5. The van der Waals surface area contributed by atoms with E-state index in [0.29, 0.717) is 0 Å². The van der Waals surface area contributed by atoms with Crippen molar-refractivity contribution in [3.8, 4) is 5.75 Å². The van der Waals surface area contributed by atoms with Crippen LogP contribution in [0.25, 0.3) is 0 Å². The second-order valence-electron chi connectivity index (χ2n) is 5.11. The van der Waals surface area contributed by atoms with Gasteiger partial charge in [0.25, 0.3) is 0 Å². The zero-order valence-corrected chi connectivity index (χ0v) is 12.7. The number of anilines is 1. The molecule has 0 aliphatic carbocycles. The molecular formula is C18H23NO2. The Kier molecular flexibility index (Phi) is 5.64. The van der Waals surface area contributed by atoms with E-state index in [1.807, 2.05) is 42.5 Å². The number of aliphatic hydroxyl groups excluding tert-OH is 1. The lowest BCUT2D eigenvalue weighted by atomic mass is 10.1. The Labute approximate surface area is 126 Å². The molecule has 3 heteroatoms. The summed E-state index contributed by atoms with van der Waals surface area (Å²) in [5, 5.41) is 13.0. The summed E-state index contributed by atoms with van der Waals surface area (Å²) < 4.78 is 5.58. The third-order valence-electron chi connectivity index (χ3n) is 3.41. The second kappa shape index (κ2) is 7.70. The van der Waals surface area contributed by atoms with E-state index < -0.39 is 0 Å². The highest BCUT2D eigenvalue weighted by molar-refractivity contribution is 5.52. The van der Waals surface area contributed by atoms with Gasteiger partial charge >= 0.3 is 0 Å². The van der Waals surface area contributed by atoms with Crippen molar-refractivity contribution in [1.82, 2.24) is 0 Å². The average molecular weight is 285 g/mol. The van der Waals surface area contributed by atoms with Crippen LogP contribution in [0.4, 0.5) is 5.69 Å². The molecule has 0 saturated carbocycles. The lowest BCUT2D eigenvalue weighted by Gasteiger charge is -2.20. The standard InChI is InChI=1S/C18H23NO2/c1-3-12-21-16-10-8-15(9-11-16)18(13-20)19-17-7-5-4-6-14(17)2/h4-11,18-20H,3,12-13H2,1-2H3. The van der Waals surface area contributed by atoms with Crippen molar-refractivity contribution < 1.29 is 9.84 Å². The molecule has 21 heavy (non-hydrogen) atoms. The van der Waals surface area contributed by atoms with Crippen LogP contribution in [0, 0.1) is 6.92 Å². The largest absolute Gasteiger partial charge is 0.494 e. The Morgan fingerprint density at radius 3 is 2.43 bits per heavy atom. The second-order valence-corrected chi connectivity index (χ2v) is 5.11. The molecule has 0 heterocycles. The van der Waals surface area contributed by atoms with Crippen molar-refractivity contribution >= 4 is 5.69 Å². The number of rotatable bonds is 7. The van der Waals surface area contributed by atoms with E-state index in [2.05, 4.69) is 25.2 Å². The van der Waals surface area contributed by atoms with Gasteiger partial charge in [-0.2, -0.15) is 0 Å². The number of aliphatic hydroxyl groups is 1. The van der Waals surface area contributed by atoms with Gasteiger partial charge in [0.05, 0.1) is 19.3 Å². The summed E-state index contributed by atoms with van der Waals surface area (Å²) in [6, 6.07) is 15.9. The molecule has 0 bridgehead atoms. The fraction of sp³-hybridized carbons (Fsp3) is 0.333. The van der Waals surface area contributed by atoms with E-state index in [1.165, 1.54) is 5.56 Å². The average Bonchev–Trinajstić information content (AvgIpc) is 2.53. The summed E-state index contributed by atoms with van der Waals surface area (Å²) in [5.74, 6) is 0.869. The Morgan fingerprint density at radius 2 is 1.81 bits per heavy atom. The van der Waals surface area contributed by atoms with E-state index in [4.69, 9.17) is 4.74 Å². The first-order valence-corrected chi connectivity index (χ1v) is 7.40. The van der Waals surface area contributed by atoms with Crippen LogP contribution in [0.5, 0.6) is 5.75 Å². The summed E-state index contributed by atoms with van der Waals surface area (Å²) in [6.45, 7) is 4.91. The minimum absolute atomic E-state index is 0.0451. The molecule has 0 saturated heterocycles. The van der Waals surface area contributed by atoms with Gasteiger partial charge in [-0.15, -0.1) is 0 Å². The van der Waals surface area contributed by atoms with Gasteiger partial charge in [-0.25, -0.2) is 0 Å². The van der Waals surface area contributed by atoms with Gasteiger partial charge in [-0.1, -0.05) is 37.3 Å². The molecule has 1 atom stereocenters. The summed E-state index contributed by atoms with van der Waals surface area (Å²) in [4.78, 5) is 0. The Balaban J connectivity index is 2.08. The number of hydrogen-bond donors (Lipinski definition) is 2. The summed E-state index contributed by atoms with van der Waals surface area (Å²) in [5.41, 5.74) is 3.26. The zero-order valence-electron chi connectivity index (χ0n) is 12.7. The minimum Gasteiger partial charge on any atom is -0.494 e. The van der Waals surface area contributed by atoms with Crippen LogP contribution in [0.2, 0.25) is 0 Å². The van der Waals surface area contributed by atoms with Crippen molar-refractivity contribution in [2.45, 2.75) is 26.3 Å². The summed E-state index contributed by atoms with van der Waals surface area (Å²) in [6.07, 6.45) is 0.996. The van der Waals surface area contributed by atoms with Crippen LogP contribution in [0.15, 0.2) is 48.5 Å². The molecule has 1 unspecified atom stereocenters. The van der Waals surface area contributed by atoms with Crippen LogP contribution < -0.4 is 10.1 Å². The van der Waals surface area contributed by atoms with Gasteiger partial charge in [-0.3, -0.25) is 0 Å². The van der Waals surface area contributed by atoms with Gasteiger partial charge in [-0.05, 0) is 42.7 Å². The molecule has 2 rings (SSSR count). The van der Waals surface area contributed by atoms with Crippen molar-refractivity contribution in [2.24, 2.45) is 0 Å². The van der Waals surface area contributed by atoms with E-state index in [0.717, 1.165) is 30.0 Å². The van der Waals surface area contributed by atoms with Gasteiger partial charge in [0.2, 0.25) is 0 Å². The normalized spacial score (nSPS) is 12.0. The lowest BCUT2D eigenvalue weighted by molar-refractivity contribution is 0.276. The summed E-state index contributed by atoms with van der Waals surface area (Å²) in [7, 11) is 0. The number of para-hydroxylation sites is 1. The Morgan fingerprint density at radius 1 is 1.10 bits per heavy atom. The van der Waals surface area contributed by atoms with Crippen molar-refractivity contribution in [3.63, 3.8) is 0 Å². The molecule has 0 aliphatic heterocycles. The smallest absolute Gasteiger partial charge is 0.119 e. The predicted molar refractivity (Wildman–Crippen MR) is 86.9 cm³/mol. The third kappa shape index (κ3) is 4.23. The number of aryl methyl sites for hydroxylation is 1. The maximum Gasteiger partial charge on any atom is 0.119 e. The Hall–Kier alpha value is -2.00. The van der Waals surface area contributed by atoms with Crippen LogP contribution >= 0.6 is 0 Å². The molecule has 0 radical (unpaired) electrons. The van der Waals surface area contributed by atoms with Gasteiger partial charge < -0.3 is 15.2 Å². The Bertz CT molecular complexity index is 551. The molecule has 0 aromatic heterocycles. The molecule has 112 valence electrons. The zero-order chi connectivity index (χ0) is 15.1. The van der Waals surface area contributed by atoms with E-state index >= 15 is 0 Å².